The van der Waals surface area contributed by atoms with Crippen molar-refractivity contribution in [2.24, 2.45) is 0 Å². The Hall–Kier alpha value is -4.01. The molecule has 1 aromatic heterocycles. The molecule has 2 amide bonds. The summed E-state index contributed by atoms with van der Waals surface area (Å²) in [6, 6.07) is 17.0. The van der Waals surface area contributed by atoms with Gasteiger partial charge in [0.2, 0.25) is 0 Å². The summed E-state index contributed by atoms with van der Waals surface area (Å²) in [5.74, 6) is 2.18. The molecule has 0 spiro atoms. The van der Waals surface area contributed by atoms with Crippen LogP contribution < -0.4 is 29.9 Å². The zero-order valence-corrected chi connectivity index (χ0v) is 18.1. The summed E-state index contributed by atoms with van der Waals surface area (Å²) in [4.78, 5) is 25.6. The summed E-state index contributed by atoms with van der Waals surface area (Å²) in [6.45, 7) is 3.46. The number of para-hydroxylation sites is 2. The molecule has 1 fully saturated rings. The molecular formula is C23H26N6O3. The number of benzene rings is 2. The van der Waals surface area contributed by atoms with Gasteiger partial charge in [-0.25, -0.2) is 14.8 Å². The van der Waals surface area contributed by atoms with Crippen molar-refractivity contribution in [3.05, 3.63) is 60.9 Å². The predicted molar refractivity (Wildman–Crippen MR) is 125 cm³/mol. The zero-order valence-electron chi connectivity index (χ0n) is 18.1. The predicted octanol–water partition coefficient (Wildman–Crippen LogP) is 3.46. The van der Waals surface area contributed by atoms with Crippen LogP contribution in [0, 0.1) is 0 Å². The molecular weight excluding hydrogens is 408 g/mol. The van der Waals surface area contributed by atoms with Gasteiger partial charge < -0.3 is 24.6 Å². The van der Waals surface area contributed by atoms with Crippen LogP contribution in [0.3, 0.4) is 0 Å². The number of nitrogens with one attached hydrogen (secondary N) is 2. The fraction of sp³-hybridized carbons (Fsp3) is 0.261. The first kappa shape index (κ1) is 21.2. The van der Waals surface area contributed by atoms with E-state index in [0.717, 1.165) is 32.0 Å². The topological polar surface area (TPSA) is 91.9 Å². The van der Waals surface area contributed by atoms with Crippen LogP contribution in [0.15, 0.2) is 60.9 Å². The van der Waals surface area contributed by atoms with E-state index in [0.29, 0.717) is 23.0 Å². The highest BCUT2D eigenvalue weighted by Crippen LogP contribution is 2.34. The van der Waals surface area contributed by atoms with Gasteiger partial charge >= 0.3 is 6.03 Å². The maximum atomic E-state index is 12.5. The van der Waals surface area contributed by atoms with E-state index in [-0.39, 0.29) is 0 Å². The Morgan fingerprint density at radius 2 is 1.62 bits per heavy atom. The molecule has 4 rings (SSSR count). The standard InChI is InChI=1S/C23H26N6O3/c1-31-19-10-6-9-18(22(19)32-2)26-23(30)27-20-15-21(25-16-24-20)29-13-11-28(12-14-29)17-7-4-3-5-8-17/h3-10,15-16H,11-14H2,1-2H3,(H2,24,25,26,27,30). The lowest BCUT2D eigenvalue weighted by molar-refractivity contribution is 0.262. The van der Waals surface area contributed by atoms with E-state index in [1.807, 2.05) is 6.07 Å². The Morgan fingerprint density at radius 3 is 2.34 bits per heavy atom. The number of hydrogen-bond acceptors (Lipinski definition) is 7. The van der Waals surface area contributed by atoms with Gasteiger partial charge in [0.1, 0.15) is 18.0 Å². The minimum atomic E-state index is -0.435. The first-order valence-corrected chi connectivity index (χ1v) is 10.3. The average molecular weight is 435 g/mol. The third kappa shape index (κ3) is 4.83. The highest BCUT2D eigenvalue weighted by Gasteiger charge is 2.19. The quantitative estimate of drug-likeness (QED) is 0.614. The maximum Gasteiger partial charge on any atom is 0.324 e. The van der Waals surface area contributed by atoms with E-state index in [9.17, 15) is 4.79 Å². The van der Waals surface area contributed by atoms with Crippen molar-refractivity contribution >= 4 is 29.0 Å². The number of piperazine rings is 1. The molecule has 2 heterocycles. The Morgan fingerprint density at radius 1 is 0.875 bits per heavy atom. The summed E-state index contributed by atoms with van der Waals surface area (Å²) < 4.78 is 10.6. The van der Waals surface area contributed by atoms with Crippen molar-refractivity contribution in [2.75, 3.05) is 60.8 Å². The lowest BCUT2D eigenvalue weighted by Gasteiger charge is -2.36. The number of ether oxygens (including phenoxy) is 2. The van der Waals surface area contributed by atoms with Gasteiger partial charge in [0.15, 0.2) is 11.5 Å². The van der Waals surface area contributed by atoms with Gasteiger partial charge in [-0.3, -0.25) is 5.32 Å². The van der Waals surface area contributed by atoms with Crippen LogP contribution in [0.5, 0.6) is 11.5 Å². The van der Waals surface area contributed by atoms with Crippen molar-refractivity contribution in [1.82, 2.24) is 9.97 Å². The molecule has 0 saturated carbocycles. The summed E-state index contributed by atoms with van der Waals surface area (Å²) in [7, 11) is 3.07. The zero-order chi connectivity index (χ0) is 22.3. The van der Waals surface area contributed by atoms with E-state index in [4.69, 9.17) is 9.47 Å². The SMILES string of the molecule is COc1cccc(NC(=O)Nc2cc(N3CCN(c4ccccc4)CC3)ncn2)c1OC. The second kappa shape index (κ2) is 9.86. The molecule has 0 bridgehead atoms. The summed E-state index contributed by atoms with van der Waals surface area (Å²) in [5, 5.41) is 5.53. The number of methoxy groups -OCH3 is 2. The van der Waals surface area contributed by atoms with Crippen LogP contribution in [-0.2, 0) is 0 Å². The Kier molecular flexibility index (Phi) is 6.54. The molecule has 0 aliphatic carbocycles. The van der Waals surface area contributed by atoms with Crippen molar-refractivity contribution in [3.8, 4) is 11.5 Å². The van der Waals surface area contributed by atoms with Crippen molar-refractivity contribution < 1.29 is 14.3 Å². The van der Waals surface area contributed by atoms with Gasteiger partial charge in [-0.05, 0) is 24.3 Å². The number of aromatic nitrogens is 2. The molecule has 1 aliphatic rings. The van der Waals surface area contributed by atoms with Gasteiger partial charge in [0, 0.05) is 37.9 Å². The second-order valence-electron chi connectivity index (χ2n) is 7.19. The Balaban J connectivity index is 1.38. The normalized spacial score (nSPS) is 13.4. The number of hydrogen-bond donors (Lipinski definition) is 2. The van der Waals surface area contributed by atoms with Crippen molar-refractivity contribution in [3.63, 3.8) is 0 Å². The second-order valence-corrected chi connectivity index (χ2v) is 7.19. The monoisotopic (exact) mass is 434 g/mol. The largest absolute Gasteiger partial charge is 0.493 e. The first-order chi connectivity index (χ1) is 15.7. The highest BCUT2D eigenvalue weighted by molar-refractivity contribution is 6.00. The van der Waals surface area contributed by atoms with Crippen molar-refractivity contribution in [1.29, 1.82) is 0 Å². The number of rotatable bonds is 6. The molecule has 2 aromatic carbocycles. The van der Waals surface area contributed by atoms with Crippen LogP contribution in [0.4, 0.5) is 27.8 Å². The highest BCUT2D eigenvalue weighted by atomic mass is 16.5. The number of anilines is 4. The van der Waals surface area contributed by atoms with E-state index < -0.39 is 6.03 Å². The molecule has 3 aromatic rings. The number of nitrogens with zero attached hydrogens (tertiary/aromatic N) is 4. The molecule has 166 valence electrons. The summed E-state index contributed by atoms with van der Waals surface area (Å²) in [5.41, 5.74) is 1.72. The molecule has 9 nitrogen and oxygen atoms in total. The van der Waals surface area contributed by atoms with Gasteiger partial charge in [-0.1, -0.05) is 24.3 Å². The molecule has 1 saturated heterocycles. The molecule has 2 N–H and O–H groups in total. The van der Waals surface area contributed by atoms with Crippen LogP contribution >= 0.6 is 0 Å². The number of carbonyl (C=O) groups excluding carboxylic acids is 1. The third-order valence-electron chi connectivity index (χ3n) is 5.27. The van der Waals surface area contributed by atoms with Crippen LogP contribution in [0.2, 0.25) is 0 Å². The molecule has 0 unspecified atom stereocenters. The van der Waals surface area contributed by atoms with Gasteiger partial charge in [-0.2, -0.15) is 0 Å². The van der Waals surface area contributed by atoms with Gasteiger partial charge in [-0.15, -0.1) is 0 Å². The van der Waals surface area contributed by atoms with E-state index in [2.05, 4.69) is 54.7 Å². The van der Waals surface area contributed by atoms with Gasteiger partial charge in [0.05, 0.1) is 19.9 Å². The van der Waals surface area contributed by atoms with Crippen LogP contribution in [0.25, 0.3) is 0 Å². The third-order valence-corrected chi connectivity index (χ3v) is 5.27. The Labute approximate surface area is 187 Å². The van der Waals surface area contributed by atoms with E-state index >= 15 is 0 Å². The van der Waals surface area contributed by atoms with E-state index in [1.165, 1.54) is 19.1 Å². The number of urea groups is 1. The number of amides is 2. The lowest BCUT2D eigenvalue weighted by Crippen LogP contribution is -2.46. The fourth-order valence-corrected chi connectivity index (χ4v) is 3.68. The molecule has 0 atom stereocenters. The smallest absolute Gasteiger partial charge is 0.324 e. The Bertz CT molecular complexity index is 1050. The number of carbonyl (C=O) groups is 1. The van der Waals surface area contributed by atoms with Crippen LogP contribution in [-0.4, -0.2) is 56.4 Å². The first-order valence-electron chi connectivity index (χ1n) is 10.3. The average Bonchev–Trinajstić information content (AvgIpc) is 2.84. The van der Waals surface area contributed by atoms with Crippen LogP contribution in [0.1, 0.15) is 0 Å². The summed E-state index contributed by atoms with van der Waals surface area (Å²) in [6.07, 6.45) is 1.46. The summed E-state index contributed by atoms with van der Waals surface area (Å²) >= 11 is 0. The minimum absolute atomic E-state index is 0.417. The van der Waals surface area contributed by atoms with Crippen molar-refractivity contribution in [2.45, 2.75) is 0 Å². The lowest BCUT2D eigenvalue weighted by atomic mass is 10.2. The maximum absolute atomic E-state index is 12.5. The molecule has 32 heavy (non-hydrogen) atoms. The fourth-order valence-electron chi connectivity index (χ4n) is 3.68. The molecule has 0 radical (unpaired) electrons. The van der Waals surface area contributed by atoms with E-state index in [1.54, 1.807) is 31.4 Å². The molecule has 1 aliphatic heterocycles. The van der Waals surface area contributed by atoms with Gasteiger partial charge in [0.25, 0.3) is 0 Å². The molecule has 9 heteroatoms. The minimum Gasteiger partial charge on any atom is -0.493 e.